The van der Waals surface area contributed by atoms with Crippen molar-refractivity contribution in [3.63, 3.8) is 0 Å². The highest BCUT2D eigenvalue weighted by Gasteiger charge is 2.30. The predicted octanol–water partition coefficient (Wildman–Crippen LogP) is 4.19. The molecule has 0 aliphatic carbocycles. The van der Waals surface area contributed by atoms with Gasteiger partial charge >= 0.3 is 0 Å². The molecule has 5 nitrogen and oxygen atoms in total. The van der Waals surface area contributed by atoms with Gasteiger partial charge in [-0.15, -0.1) is 0 Å². The summed E-state index contributed by atoms with van der Waals surface area (Å²) >= 11 is 0. The molecule has 0 atom stereocenters. The van der Waals surface area contributed by atoms with Crippen molar-refractivity contribution in [2.45, 2.75) is 13.0 Å². The van der Waals surface area contributed by atoms with Gasteiger partial charge in [0.1, 0.15) is 11.3 Å². The molecule has 1 fully saturated rings. The lowest BCUT2D eigenvalue weighted by molar-refractivity contribution is 0.0590. The van der Waals surface area contributed by atoms with Crippen molar-refractivity contribution < 1.29 is 4.79 Å². The zero-order chi connectivity index (χ0) is 21.2. The van der Waals surface area contributed by atoms with Crippen LogP contribution in [-0.2, 0) is 0 Å². The number of piperazine rings is 1. The summed E-state index contributed by atoms with van der Waals surface area (Å²) < 4.78 is 1.90. The average Bonchev–Trinajstić information content (AvgIpc) is 3.16. The Morgan fingerprint density at radius 2 is 1.39 bits per heavy atom. The standard InChI is InChI=1S/C26H26N4O/c1-20-24(30-15-9-8-14-23(30)27-20)26(31)29-18-16-28(17-19-29)25(21-10-4-2-5-11-21)22-12-6-3-7-13-22/h2-15,25H,16-19H2,1H3. The van der Waals surface area contributed by atoms with E-state index in [0.29, 0.717) is 18.8 Å². The van der Waals surface area contributed by atoms with E-state index in [4.69, 9.17) is 0 Å². The van der Waals surface area contributed by atoms with Crippen LogP contribution in [0, 0.1) is 6.92 Å². The maximum Gasteiger partial charge on any atom is 0.272 e. The molecule has 1 saturated heterocycles. The second-order valence-electron chi connectivity index (χ2n) is 8.03. The van der Waals surface area contributed by atoms with Crippen LogP contribution in [0.3, 0.4) is 0 Å². The molecule has 5 rings (SSSR count). The first-order chi connectivity index (χ1) is 15.2. The summed E-state index contributed by atoms with van der Waals surface area (Å²) in [5.41, 5.74) is 4.84. The number of hydrogen-bond acceptors (Lipinski definition) is 3. The molecule has 0 radical (unpaired) electrons. The van der Waals surface area contributed by atoms with Gasteiger partial charge in [0.05, 0.1) is 11.7 Å². The van der Waals surface area contributed by atoms with Gasteiger partial charge in [0, 0.05) is 32.4 Å². The van der Waals surface area contributed by atoms with Gasteiger partial charge in [-0.2, -0.15) is 0 Å². The fraction of sp³-hybridized carbons (Fsp3) is 0.231. The van der Waals surface area contributed by atoms with E-state index in [1.54, 1.807) is 0 Å². The lowest BCUT2D eigenvalue weighted by Crippen LogP contribution is -2.50. The molecule has 1 aliphatic rings. The van der Waals surface area contributed by atoms with Crippen LogP contribution in [-0.4, -0.2) is 51.3 Å². The molecule has 0 spiro atoms. The minimum absolute atomic E-state index is 0.0619. The van der Waals surface area contributed by atoms with Crippen LogP contribution < -0.4 is 0 Å². The van der Waals surface area contributed by atoms with E-state index in [0.717, 1.165) is 24.4 Å². The first kappa shape index (κ1) is 19.5. The minimum atomic E-state index is 0.0619. The summed E-state index contributed by atoms with van der Waals surface area (Å²) in [6, 6.07) is 27.3. The summed E-state index contributed by atoms with van der Waals surface area (Å²) in [5, 5.41) is 0. The summed E-state index contributed by atoms with van der Waals surface area (Å²) in [4.78, 5) is 22.4. The van der Waals surface area contributed by atoms with Gasteiger partial charge in [-0.3, -0.25) is 14.1 Å². The van der Waals surface area contributed by atoms with E-state index < -0.39 is 0 Å². The number of rotatable bonds is 4. The number of pyridine rings is 1. The lowest BCUT2D eigenvalue weighted by Gasteiger charge is -2.39. The Morgan fingerprint density at radius 1 is 0.806 bits per heavy atom. The molecule has 2 aromatic carbocycles. The number of hydrogen-bond donors (Lipinski definition) is 0. The fourth-order valence-electron chi connectivity index (χ4n) is 4.59. The van der Waals surface area contributed by atoms with Crippen molar-refractivity contribution in [3.05, 3.63) is 108 Å². The molecule has 0 saturated carbocycles. The van der Waals surface area contributed by atoms with Crippen molar-refractivity contribution in [1.29, 1.82) is 0 Å². The van der Waals surface area contributed by atoms with Gasteiger partial charge in [0.15, 0.2) is 0 Å². The van der Waals surface area contributed by atoms with Crippen molar-refractivity contribution in [3.8, 4) is 0 Å². The molecule has 0 N–H and O–H groups in total. The zero-order valence-electron chi connectivity index (χ0n) is 17.7. The lowest BCUT2D eigenvalue weighted by atomic mass is 9.96. The van der Waals surface area contributed by atoms with Gasteiger partial charge in [0.2, 0.25) is 0 Å². The number of aryl methyl sites for hydroxylation is 1. The van der Waals surface area contributed by atoms with Crippen molar-refractivity contribution in [2.24, 2.45) is 0 Å². The van der Waals surface area contributed by atoms with Crippen molar-refractivity contribution in [2.75, 3.05) is 26.2 Å². The predicted molar refractivity (Wildman–Crippen MR) is 122 cm³/mol. The number of imidazole rings is 1. The number of nitrogens with zero attached hydrogens (tertiary/aromatic N) is 4. The van der Waals surface area contributed by atoms with Gasteiger partial charge < -0.3 is 4.90 Å². The number of benzene rings is 2. The van der Waals surface area contributed by atoms with Crippen LogP contribution >= 0.6 is 0 Å². The Labute approximate surface area is 182 Å². The van der Waals surface area contributed by atoms with E-state index >= 15 is 0 Å². The maximum absolute atomic E-state index is 13.4. The Bertz CT molecular complexity index is 1140. The molecule has 0 bridgehead atoms. The molecule has 156 valence electrons. The largest absolute Gasteiger partial charge is 0.335 e. The molecule has 3 heterocycles. The Morgan fingerprint density at radius 3 is 2.00 bits per heavy atom. The SMILES string of the molecule is Cc1nc2ccccn2c1C(=O)N1CCN(C(c2ccccc2)c2ccccc2)CC1. The quantitative estimate of drug-likeness (QED) is 0.507. The zero-order valence-corrected chi connectivity index (χ0v) is 17.7. The minimum Gasteiger partial charge on any atom is -0.335 e. The van der Waals surface area contributed by atoms with Gasteiger partial charge in [0.25, 0.3) is 5.91 Å². The highest BCUT2D eigenvalue weighted by Crippen LogP contribution is 2.29. The Balaban J connectivity index is 1.37. The number of carbonyl (C=O) groups excluding carboxylic acids is 1. The smallest absolute Gasteiger partial charge is 0.272 e. The monoisotopic (exact) mass is 410 g/mol. The van der Waals surface area contributed by atoms with Crippen LogP contribution in [0.15, 0.2) is 85.1 Å². The van der Waals surface area contributed by atoms with E-state index in [1.165, 1.54) is 11.1 Å². The summed E-state index contributed by atoms with van der Waals surface area (Å²) in [6.45, 7) is 4.98. The van der Waals surface area contributed by atoms with Gasteiger partial charge in [-0.05, 0) is 30.2 Å². The van der Waals surface area contributed by atoms with Crippen LogP contribution in [0.5, 0.6) is 0 Å². The van der Waals surface area contributed by atoms with E-state index in [-0.39, 0.29) is 11.9 Å². The van der Waals surface area contributed by atoms with Gasteiger partial charge in [-0.1, -0.05) is 66.7 Å². The molecule has 1 aliphatic heterocycles. The van der Waals surface area contributed by atoms with E-state index in [1.807, 2.05) is 40.6 Å². The topological polar surface area (TPSA) is 40.9 Å². The van der Waals surface area contributed by atoms with E-state index in [2.05, 4.69) is 70.5 Å². The van der Waals surface area contributed by atoms with Crippen LogP contribution in [0.25, 0.3) is 5.65 Å². The molecular formula is C26H26N4O. The highest BCUT2D eigenvalue weighted by atomic mass is 16.2. The molecule has 31 heavy (non-hydrogen) atoms. The van der Waals surface area contributed by atoms with Crippen molar-refractivity contribution in [1.82, 2.24) is 19.2 Å². The molecule has 2 aromatic heterocycles. The Kier molecular flexibility index (Phi) is 5.26. The first-order valence-electron chi connectivity index (χ1n) is 10.8. The molecule has 0 unspecified atom stereocenters. The average molecular weight is 411 g/mol. The Hall–Kier alpha value is -3.44. The number of aromatic nitrogens is 2. The normalized spacial score (nSPS) is 15.0. The second-order valence-corrected chi connectivity index (χ2v) is 8.03. The third-order valence-corrected chi connectivity index (χ3v) is 6.10. The fourth-order valence-corrected chi connectivity index (χ4v) is 4.59. The van der Waals surface area contributed by atoms with Crippen LogP contribution in [0.1, 0.15) is 33.4 Å². The molecular weight excluding hydrogens is 384 g/mol. The summed E-state index contributed by atoms with van der Waals surface area (Å²) in [5.74, 6) is 0.0619. The van der Waals surface area contributed by atoms with E-state index in [9.17, 15) is 4.79 Å². The summed E-state index contributed by atoms with van der Waals surface area (Å²) in [6.07, 6.45) is 1.92. The van der Waals surface area contributed by atoms with Crippen LogP contribution in [0.2, 0.25) is 0 Å². The molecule has 5 heteroatoms. The highest BCUT2D eigenvalue weighted by molar-refractivity contribution is 5.94. The van der Waals surface area contributed by atoms with Gasteiger partial charge in [-0.25, -0.2) is 4.98 Å². The number of carbonyl (C=O) groups is 1. The second kappa shape index (κ2) is 8.36. The first-order valence-corrected chi connectivity index (χ1v) is 10.8. The van der Waals surface area contributed by atoms with Crippen LogP contribution in [0.4, 0.5) is 0 Å². The number of fused-ring (bicyclic) bond motifs is 1. The summed E-state index contributed by atoms with van der Waals surface area (Å²) in [7, 11) is 0. The molecule has 1 amide bonds. The third kappa shape index (κ3) is 3.73. The third-order valence-electron chi connectivity index (χ3n) is 6.10. The maximum atomic E-state index is 13.4. The number of amides is 1. The molecule has 4 aromatic rings. The van der Waals surface area contributed by atoms with Crippen molar-refractivity contribution >= 4 is 11.6 Å².